The van der Waals surface area contributed by atoms with Crippen molar-refractivity contribution in [2.75, 3.05) is 11.9 Å². The summed E-state index contributed by atoms with van der Waals surface area (Å²) in [6.07, 6.45) is 4.79. The van der Waals surface area contributed by atoms with Crippen LogP contribution >= 0.6 is 0 Å². The molecule has 1 aromatic heterocycles. The van der Waals surface area contributed by atoms with E-state index in [-0.39, 0.29) is 5.97 Å². The molecule has 0 fully saturated rings. The van der Waals surface area contributed by atoms with Gasteiger partial charge in [-0.15, -0.1) is 0 Å². The highest BCUT2D eigenvalue weighted by Crippen LogP contribution is 2.06. The van der Waals surface area contributed by atoms with Gasteiger partial charge in [-0.3, -0.25) is 4.98 Å². The molecule has 4 heteroatoms. The number of ether oxygens (including phenoxy) is 1. The van der Waals surface area contributed by atoms with Crippen molar-refractivity contribution in [1.82, 2.24) is 4.98 Å². The Labute approximate surface area is 89.0 Å². The fraction of sp³-hybridized carbons (Fsp3) is 0.273. The molecule has 0 unspecified atom stereocenters. The molecule has 0 atom stereocenters. The Morgan fingerprint density at radius 2 is 2.47 bits per heavy atom. The largest absolute Gasteiger partial charge is 0.463 e. The van der Waals surface area contributed by atoms with Crippen molar-refractivity contribution in [2.24, 2.45) is 0 Å². The summed E-state index contributed by atoms with van der Waals surface area (Å²) >= 11 is 0. The lowest BCUT2D eigenvalue weighted by Gasteiger charge is -2.05. The monoisotopic (exact) mass is 206 g/mol. The zero-order valence-corrected chi connectivity index (χ0v) is 8.86. The SMILES string of the molecule is CCOC(=O)/C=C(/C)Nc1cccnc1. The molecule has 0 saturated carbocycles. The Kier molecular flexibility index (Phi) is 4.34. The fourth-order valence-corrected chi connectivity index (χ4v) is 1.06. The third kappa shape index (κ3) is 4.26. The smallest absolute Gasteiger partial charge is 0.332 e. The molecule has 1 aromatic rings. The molecule has 80 valence electrons. The highest BCUT2D eigenvalue weighted by molar-refractivity contribution is 5.83. The number of aromatic nitrogens is 1. The van der Waals surface area contributed by atoms with E-state index < -0.39 is 0 Å². The first-order valence-corrected chi connectivity index (χ1v) is 4.74. The van der Waals surface area contributed by atoms with Crippen LogP contribution in [0.2, 0.25) is 0 Å². The van der Waals surface area contributed by atoms with Gasteiger partial charge in [-0.05, 0) is 26.0 Å². The van der Waals surface area contributed by atoms with E-state index in [9.17, 15) is 4.79 Å². The predicted molar refractivity (Wildman–Crippen MR) is 58.2 cm³/mol. The van der Waals surface area contributed by atoms with Crippen LogP contribution in [0.1, 0.15) is 13.8 Å². The van der Waals surface area contributed by atoms with Gasteiger partial charge in [0.15, 0.2) is 0 Å². The Morgan fingerprint density at radius 3 is 3.07 bits per heavy atom. The maximum atomic E-state index is 11.1. The van der Waals surface area contributed by atoms with Crippen LogP contribution in [-0.4, -0.2) is 17.6 Å². The molecular weight excluding hydrogens is 192 g/mol. The zero-order chi connectivity index (χ0) is 11.1. The molecule has 0 aromatic carbocycles. The van der Waals surface area contributed by atoms with Gasteiger partial charge in [-0.1, -0.05) is 0 Å². The molecule has 0 aliphatic rings. The van der Waals surface area contributed by atoms with E-state index in [0.29, 0.717) is 6.61 Å². The molecule has 0 amide bonds. The summed E-state index contributed by atoms with van der Waals surface area (Å²) in [5.74, 6) is -0.341. The summed E-state index contributed by atoms with van der Waals surface area (Å²) in [5, 5.41) is 3.03. The average Bonchev–Trinajstić information content (AvgIpc) is 2.19. The highest BCUT2D eigenvalue weighted by Gasteiger charge is 1.98. The maximum absolute atomic E-state index is 11.1. The molecule has 4 nitrogen and oxygen atoms in total. The minimum Gasteiger partial charge on any atom is -0.463 e. The van der Waals surface area contributed by atoms with Gasteiger partial charge < -0.3 is 10.1 Å². The molecule has 0 aliphatic heterocycles. The Morgan fingerprint density at radius 1 is 1.67 bits per heavy atom. The average molecular weight is 206 g/mol. The lowest BCUT2D eigenvalue weighted by atomic mass is 10.3. The third-order valence-corrected chi connectivity index (χ3v) is 1.62. The van der Waals surface area contributed by atoms with Crippen LogP contribution in [0.5, 0.6) is 0 Å². The van der Waals surface area contributed by atoms with Gasteiger partial charge in [0.1, 0.15) is 0 Å². The summed E-state index contributed by atoms with van der Waals surface area (Å²) in [6.45, 7) is 3.95. The van der Waals surface area contributed by atoms with E-state index in [1.807, 2.05) is 12.1 Å². The van der Waals surface area contributed by atoms with Crippen molar-refractivity contribution in [1.29, 1.82) is 0 Å². The quantitative estimate of drug-likeness (QED) is 0.604. The number of pyridine rings is 1. The number of hydrogen-bond acceptors (Lipinski definition) is 4. The number of rotatable bonds is 4. The normalized spacial score (nSPS) is 10.9. The highest BCUT2D eigenvalue weighted by atomic mass is 16.5. The first kappa shape index (κ1) is 11.2. The number of allylic oxidation sites excluding steroid dienone is 1. The second-order valence-corrected chi connectivity index (χ2v) is 2.95. The minimum atomic E-state index is -0.341. The molecule has 15 heavy (non-hydrogen) atoms. The number of anilines is 1. The number of esters is 1. The van der Waals surface area contributed by atoms with E-state index in [1.54, 1.807) is 26.2 Å². The lowest BCUT2D eigenvalue weighted by molar-refractivity contribution is -0.137. The molecule has 0 saturated heterocycles. The van der Waals surface area contributed by atoms with E-state index in [1.165, 1.54) is 6.08 Å². The van der Waals surface area contributed by atoms with E-state index >= 15 is 0 Å². The Hall–Kier alpha value is -1.84. The molecule has 1 N–H and O–H groups in total. The van der Waals surface area contributed by atoms with E-state index in [0.717, 1.165) is 11.4 Å². The predicted octanol–water partition coefficient (Wildman–Crippen LogP) is 1.96. The van der Waals surface area contributed by atoms with Gasteiger partial charge in [0.05, 0.1) is 18.5 Å². The molecule has 1 rings (SSSR count). The van der Waals surface area contributed by atoms with Gasteiger partial charge in [-0.25, -0.2) is 4.79 Å². The zero-order valence-electron chi connectivity index (χ0n) is 8.86. The Bertz CT molecular complexity index is 347. The van der Waals surface area contributed by atoms with Crippen molar-refractivity contribution < 1.29 is 9.53 Å². The molecule has 0 bridgehead atoms. The van der Waals surface area contributed by atoms with Crippen molar-refractivity contribution in [3.63, 3.8) is 0 Å². The van der Waals surface area contributed by atoms with Crippen LogP contribution in [0.3, 0.4) is 0 Å². The van der Waals surface area contributed by atoms with Gasteiger partial charge in [0.2, 0.25) is 0 Å². The molecule has 0 aliphatic carbocycles. The van der Waals surface area contributed by atoms with Crippen molar-refractivity contribution in [2.45, 2.75) is 13.8 Å². The molecule has 0 spiro atoms. The summed E-state index contributed by atoms with van der Waals surface area (Å²) in [6, 6.07) is 3.69. The van der Waals surface area contributed by atoms with Crippen molar-refractivity contribution in [3.8, 4) is 0 Å². The topological polar surface area (TPSA) is 51.2 Å². The van der Waals surface area contributed by atoms with Crippen LogP contribution in [0.4, 0.5) is 5.69 Å². The van der Waals surface area contributed by atoms with Crippen LogP contribution in [0, 0.1) is 0 Å². The minimum absolute atomic E-state index is 0.341. The number of carbonyl (C=O) groups is 1. The lowest BCUT2D eigenvalue weighted by Crippen LogP contribution is -2.04. The number of hydrogen-bond donors (Lipinski definition) is 1. The molecule has 0 radical (unpaired) electrons. The van der Waals surface area contributed by atoms with E-state index in [2.05, 4.69) is 10.3 Å². The maximum Gasteiger partial charge on any atom is 0.332 e. The standard InChI is InChI=1S/C11H14N2O2/c1-3-15-11(14)7-9(2)13-10-5-4-6-12-8-10/h4-8,13H,3H2,1-2H3/b9-7-. The molecular formula is C11H14N2O2. The van der Waals surface area contributed by atoms with Gasteiger partial charge >= 0.3 is 5.97 Å². The van der Waals surface area contributed by atoms with Gasteiger partial charge in [0, 0.05) is 18.0 Å². The second-order valence-electron chi connectivity index (χ2n) is 2.95. The van der Waals surface area contributed by atoms with Gasteiger partial charge in [0.25, 0.3) is 0 Å². The number of carbonyl (C=O) groups excluding carboxylic acids is 1. The fourth-order valence-electron chi connectivity index (χ4n) is 1.06. The number of nitrogens with one attached hydrogen (secondary N) is 1. The Balaban J connectivity index is 2.55. The first-order valence-electron chi connectivity index (χ1n) is 4.74. The van der Waals surface area contributed by atoms with Crippen molar-refractivity contribution >= 4 is 11.7 Å². The summed E-state index contributed by atoms with van der Waals surface area (Å²) < 4.78 is 4.78. The summed E-state index contributed by atoms with van der Waals surface area (Å²) in [5.41, 5.74) is 1.57. The van der Waals surface area contributed by atoms with Crippen LogP contribution in [-0.2, 0) is 9.53 Å². The summed E-state index contributed by atoms with van der Waals surface area (Å²) in [4.78, 5) is 15.0. The summed E-state index contributed by atoms with van der Waals surface area (Å²) in [7, 11) is 0. The van der Waals surface area contributed by atoms with Gasteiger partial charge in [-0.2, -0.15) is 0 Å². The van der Waals surface area contributed by atoms with Crippen LogP contribution in [0.15, 0.2) is 36.3 Å². The second kappa shape index (κ2) is 5.80. The molecule has 1 heterocycles. The van der Waals surface area contributed by atoms with E-state index in [4.69, 9.17) is 4.74 Å². The van der Waals surface area contributed by atoms with Crippen LogP contribution in [0.25, 0.3) is 0 Å². The van der Waals surface area contributed by atoms with Crippen molar-refractivity contribution in [3.05, 3.63) is 36.3 Å². The third-order valence-electron chi connectivity index (χ3n) is 1.62. The van der Waals surface area contributed by atoms with Crippen LogP contribution < -0.4 is 5.32 Å². The first-order chi connectivity index (χ1) is 7.22. The number of nitrogens with zero attached hydrogens (tertiary/aromatic N) is 1.